The average molecular weight is 463 g/mol. The van der Waals surface area contributed by atoms with Gasteiger partial charge in [0, 0.05) is 13.0 Å². The average Bonchev–Trinajstić information content (AvgIpc) is 2.74. The summed E-state index contributed by atoms with van der Waals surface area (Å²) in [7, 11) is -3.52. The Morgan fingerprint density at radius 1 is 1.03 bits per heavy atom. The van der Waals surface area contributed by atoms with Gasteiger partial charge in [0.1, 0.15) is 18.1 Å². The summed E-state index contributed by atoms with van der Waals surface area (Å²) in [6.07, 6.45) is 1.75. The van der Waals surface area contributed by atoms with Gasteiger partial charge in [-0.3, -0.25) is 9.10 Å². The van der Waals surface area contributed by atoms with Crippen LogP contribution < -0.4 is 19.1 Å². The predicted octanol–water partition coefficient (Wildman–Crippen LogP) is 3.95. The predicted molar refractivity (Wildman–Crippen MR) is 128 cm³/mol. The Morgan fingerprint density at radius 2 is 1.69 bits per heavy atom. The molecule has 0 saturated carbocycles. The van der Waals surface area contributed by atoms with Gasteiger partial charge in [0.15, 0.2) is 0 Å². The van der Waals surface area contributed by atoms with Crippen LogP contribution in [0.5, 0.6) is 11.5 Å². The SMILES string of the molecule is CCOc1ccccc1N(CCCC(=O)NCCOc1ccccc1C(C)C)S(C)(=O)=O. The molecule has 2 rings (SSSR count). The smallest absolute Gasteiger partial charge is 0.232 e. The molecule has 7 nitrogen and oxygen atoms in total. The number of carbonyl (C=O) groups is 1. The summed E-state index contributed by atoms with van der Waals surface area (Å²) < 4.78 is 37.3. The molecule has 8 heteroatoms. The van der Waals surface area contributed by atoms with Gasteiger partial charge >= 0.3 is 0 Å². The zero-order chi connectivity index (χ0) is 23.6. The fourth-order valence-electron chi connectivity index (χ4n) is 3.32. The molecule has 0 radical (unpaired) electrons. The van der Waals surface area contributed by atoms with E-state index in [1.807, 2.05) is 31.2 Å². The number of para-hydroxylation sites is 3. The molecule has 0 fully saturated rings. The molecule has 0 heterocycles. The number of nitrogens with one attached hydrogen (secondary N) is 1. The van der Waals surface area contributed by atoms with E-state index in [4.69, 9.17) is 9.47 Å². The van der Waals surface area contributed by atoms with Gasteiger partial charge in [0.05, 0.1) is 25.1 Å². The van der Waals surface area contributed by atoms with Crippen LogP contribution in [-0.4, -0.2) is 46.9 Å². The van der Waals surface area contributed by atoms with Crippen LogP contribution in [-0.2, 0) is 14.8 Å². The second-order valence-electron chi connectivity index (χ2n) is 7.73. The van der Waals surface area contributed by atoms with E-state index in [-0.39, 0.29) is 18.9 Å². The highest BCUT2D eigenvalue weighted by Crippen LogP contribution is 2.30. The van der Waals surface area contributed by atoms with Crippen LogP contribution in [0.2, 0.25) is 0 Å². The van der Waals surface area contributed by atoms with Crippen molar-refractivity contribution in [2.45, 2.75) is 39.5 Å². The van der Waals surface area contributed by atoms with Crippen LogP contribution in [0.25, 0.3) is 0 Å². The normalized spacial score (nSPS) is 11.3. The van der Waals surface area contributed by atoms with E-state index in [2.05, 4.69) is 19.2 Å². The zero-order valence-electron chi connectivity index (χ0n) is 19.3. The lowest BCUT2D eigenvalue weighted by Gasteiger charge is -2.24. The van der Waals surface area contributed by atoms with Crippen molar-refractivity contribution in [3.05, 3.63) is 54.1 Å². The number of hydrogen-bond donors (Lipinski definition) is 1. The molecule has 0 aliphatic rings. The fourth-order valence-corrected chi connectivity index (χ4v) is 4.29. The minimum absolute atomic E-state index is 0.141. The molecule has 0 atom stereocenters. The van der Waals surface area contributed by atoms with Crippen molar-refractivity contribution in [2.75, 3.05) is 36.9 Å². The van der Waals surface area contributed by atoms with Crippen LogP contribution in [0, 0.1) is 0 Å². The topological polar surface area (TPSA) is 84.9 Å². The second-order valence-corrected chi connectivity index (χ2v) is 9.64. The van der Waals surface area contributed by atoms with Crippen LogP contribution in [0.4, 0.5) is 5.69 Å². The molecular formula is C24H34N2O5S. The molecule has 0 aromatic heterocycles. The van der Waals surface area contributed by atoms with E-state index in [1.165, 1.54) is 4.31 Å². The minimum atomic E-state index is -3.52. The molecule has 32 heavy (non-hydrogen) atoms. The number of hydrogen-bond acceptors (Lipinski definition) is 5. The lowest BCUT2D eigenvalue weighted by Crippen LogP contribution is -2.33. The van der Waals surface area contributed by atoms with E-state index in [9.17, 15) is 13.2 Å². The lowest BCUT2D eigenvalue weighted by molar-refractivity contribution is -0.121. The fraction of sp³-hybridized carbons (Fsp3) is 0.458. The summed E-state index contributed by atoms with van der Waals surface area (Å²) in [4.78, 5) is 12.2. The molecule has 2 aromatic carbocycles. The summed E-state index contributed by atoms with van der Waals surface area (Å²) in [5, 5.41) is 2.83. The van der Waals surface area contributed by atoms with Crippen molar-refractivity contribution in [1.82, 2.24) is 5.32 Å². The molecule has 176 valence electrons. The lowest BCUT2D eigenvalue weighted by atomic mass is 10.0. The number of ether oxygens (including phenoxy) is 2. The van der Waals surface area contributed by atoms with Crippen molar-refractivity contribution < 1.29 is 22.7 Å². The number of sulfonamides is 1. The van der Waals surface area contributed by atoms with Crippen molar-refractivity contribution in [3.63, 3.8) is 0 Å². The zero-order valence-corrected chi connectivity index (χ0v) is 20.2. The molecule has 0 spiro atoms. The van der Waals surface area contributed by atoms with Crippen LogP contribution in [0.1, 0.15) is 45.1 Å². The molecule has 0 aliphatic carbocycles. The molecule has 0 unspecified atom stereocenters. The number of rotatable bonds is 13. The summed E-state index contributed by atoms with van der Waals surface area (Å²) in [6.45, 7) is 7.43. The number of anilines is 1. The molecule has 1 amide bonds. The molecular weight excluding hydrogens is 428 g/mol. The van der Waals surface area contributed by atoms with Gasteiger partial charge in [-0.05, 0) is 43.0 Å². The number of benzene rings is 2. The highest BCUT2D eigenvalue weighted by atomic mass is 32.2. The van der Waals surface area contributed by atoms with Crippen molar-refractivity contribution in [3.8, 4) is 11.5 Å². The molecule has 1 N–H and O–H groups in total. The van der Waals surface area contributed by atoms with Gasteiger partial charge in [-0.2, -0.15) is 0 Å². The standard InChI is InChI=1S/C24H34N2O5S/c1-5-30-23-14-9-7-12-21(23)26(32(4,28)29)17-10-15-24(27)25-16-18-31-22-13-8-6-11-20(22)19(2)3/h6-9,11-14,19H,5,10,15-18H2,1-4H3,(H,25,27). The van der Waals surface area contributed by atoms with E-state index in [1.54, 1.807) is 24.3 Å². The first-order chi connectivity index (χ1) is 15.2. The number of carbonyl (C=O) groups excluding carboxylic acids is 1. The van der Waals surface area contributed by atoms with Crippen LogP contribution >= 0.6 is 0 Å². The maximum absolute atomic E-state index is 12.3. The third kappa shape index (κ3) is 7.75. The van der Waals surface area contributed by atoms with E-state index >= 15 is 0 Å². The Kier molecular flexibility index (Phi) is 9.84. The number of nitrogens with zero attached hydrogens (tertiary/aromatic N) is 1. The van der Waals surface area contributed by atoms with Crippen LogP contribution in [0.15, 0.2) is 48.5 Å². The molecule has 2 aromatic rings. The summed E-state index contributed by atoms with van der Waals surface area (Å²) in [5.74, 6) is 1.54. The summed E-state index contributed by atoms with van der Waals surface area (Å²) >= 11 is 0. The number of amides is 1. The summed E-state index contributed by atoms with van der Waals surface area (Å²) in [6, 6.07) is 14.9. The van der Waals surface area contributed by atoms with Gasteiger partial charge in [-0.1, -0.05) is 44.2 Å². The Hall–Kier alpha value is -2.74. The van der Waals surface area contributed by atoms with Gasteiger partial charge in [-0.25, -0.2) is 8.42 Å². The highest BCUT2D eigenvalue weighted by molar-refractivity contribution is 7.92. The maximum Gasteiger partial charge on any atom is 0.232 e. The third-order valence-corrected chi connectivity index (χ3v) is 6.00. The van der Waals surface area contributed by atoms with E-state index < -0.39 is 10.0 Å². The molecule has 0 aliphatic heterocycles. The maximum atomic E-state index is 12.3. The first kappa shape index (κ1) is 25.5. The van der Waals surface area contributed by atoms with Crippen molar-refractivity contribution in [2.24, 2.45) is 0 Å². The quantitative estimate of drug-likeness (QED) is 0.456. The first-order valence-electron chi connectivity index (χ1n) is 10.9. The van der Waals surface area contributed by atoms with E-state index in [0.29, 0.717) is 43.5 Å². The van der Waals surface area contributed by atoms with Gasteiger partial charge in [0.2, 0.25) is 15.9 Å². The molecule has 0 bridgehead atoms. The van der Waals surface area contributed by atoms with Crippen molar-refractivity contribution >= 4 is 21.6 Å². The Morgan fingerprint density at radius 3 is 2.34 bits per heavy atom. The van der Waals surface area contributed by atoms with E-state index in [0.717, 1.165) is 17.6 Å². The summed E-state index contributed by atoms with van der Waals surface area (Å²) in [5.41, 5.74) is 1.61. The Balaban J connectivity index is 1.83. The Bertz CT molecular complexity index is 976. The van der Waals surface area contributed by atoms with Crippen LogP contribution in [0.3, 0.4) is 0 Å². The van der Waals surface area contributed by atoms with Crippen molar-refractivity contribution in [1.29, 1.82) is 0 Å². The van der Waals surface area contributed by atoms with Gasteiger partial charge in [-0.15, -0.1) is 0 Å². The third-order valence-electron chi connectivity index (χ3n) is 4.82. The second kappa shape index (κ2) is 12.3. The monoisotopic (exact) mass is 462 g/mol. The highest BCUT2D eigenvalue weighted by Gasteiger charge is 2.21. The minimum Gasteiger partial charge on any atom is -0.492 e. The first-order valence-corrected chi connectivity index (χ1v) is 12.8. The molecule has 0 saturated heterocycles. The Labute approximate surface area is 191 Å². The largest absolute Gasteiger partial charge is 0.492 e. The van der Waals surface area contributed by atoms with Gasteiger partial charge < -0.3 is 14.8 Å². The van der Waals surface area contributed by atoms with Gasteiger partial charge in [0.25, 0.3) is 0 Å².